The van der Waals surface area contributed by atoms with E-state index in [-0.39, 0.29) is 12.0 Å². The second-order valence-electron chi connectivity index (χ2n) is 10.0. The number of aromatic amines is 1. The lowest BCUT2D eigenvalue weighted by Gasteiger charge is -2.44. The number of pyridine rings is 1. The molecule has 1 amide bonds. The van der Waals surface area contributed by atoms with Crippen molar-refractivity contribution in [2.24, 2.45) is 5.92 Å². The number of aryl methyl sites for hydroxylation is 1. The molecule has 3 aromatic heterocycles. The van der Waals surface area contributed by atoms with Gasteiger partial charge in [-0.1, -0.05) is 5.16 Å². The number of fused-ring (bicyclic) bond motifs is 1. The highest BCUT2D eigenvalue weighted by Gasteiger charge is 2.39. The first-order valence-corrected chi connectivity index (χ1v) is 12.5. The smallest absolute Gasteiger partial charge is 0.257 e. The quantitative estimate of drug-likeness (QED) is 0.422. The molecule has 0 spiro atoms. The number of benzene rings is 1. The summed E-state index contributed by atoms with van der Waals surface area (Å²) < 4.78 is 5.28. The number of carbonyl (C=O) groups is 1. The van der Waals surface area contributed by atoms with Crippen molar-refractivity contribution in [2.75, 3.05) is 18.4 Å². The molecule has 1 aliphatic heterocycles. The zero-order chi connectivity index (χ0) is 24.8. The predicted octanol–water partition coefficient (Wildman–Crippen LogP) is 3.89. The standard InChI is InChI=1S/C26H30N8O2/c1-15-13-34(25(35)19-4-5-19)16(2)12-33(15)14-18-8-9-27-23(10-18)31-26-29-21-7-6-20(11-22(21)30-26)24-28-17(3)32-36-24/h6-11,15-16,19H,4-5,12-14H2,1-3H3,(H2,27,29,30,31)/t15-,16+/m0/s1. The lowest BCUT2D eigenvalue weighted by atomic mass is 10.1. The lowest BCUT2D eigenvalue weighted by Crippen LogP contribution is -2.58. The van der Waals surface area contributed by atoms with Crippen LogP contribution in [0.25, 0.3) is 22.5 Å². The first-order chi connectivity index (χ1) is 17.4. The minimum absolute atomic E-state index is 0.227. The number of hydrogen-bond donors (Lipinski definition) is 2. The lowest BCUT2D eigenvalue weighted by molar-refractivity contribution is -0.138. The van der Waals surface area contributed by atoms with Gasteiger partial charge in [-0.25, -0.2) is 9.97 Å². The highest BCUT2D eigenvalue weighted by Crippen LogP contribution is 2.33. The summed E-state index contributed by atoms with van der Waals surface area (Å²) in [6.07, 6.45) is 3.92. The van der Waals surface area contributed by atoms with Gasteiger partial charge in [-0.15, -0.1) is 0 Å². The highest BCUT2D eigenvalue weighted by atomic mass is 16.5. The van der Waals surface area contributed by atoms with Crippen molar-refractivity contribution < 1.29 is 9.32 Å². The van der Waals surface area contributed by atoms with Crippen LogP contribution in [0, 0.1) is 12.8 Å². The minimum Gasteiger partial charge on any atom is -0.337 e. The number of carbonyl (C=O) groups excluding carboxylic acids is 1. The molecule has 2 fully saturated rings. The van der Waals surface area contributed by atoms with Crippen LogP contribution < -0.4 is 5.32 Å². The normalized spacial score (nSPS) is 20.7. The number of hydrogen-bond acceptors (Lipinski definition) is 8. The monoisotopic (exact) mass is 486 g/mol. The van der Waals surface area contributed by atoms with Gasteiger partial charge in [-0.3, -0.25) is 9.69 Å². The van der Waals surface area contributed by atoms with Crippen molar-refractivity contribution in [1.29, 1.82) is 0 Å². The Balaban J connectivity index is 1.14. The van der Waals surface area contributed by atoms with E-state index < -0.39 is 0 Å². The average molecular weight is 487 g/mol. The highest BCUT2D eigenvalue weighted by molar-refractivity contribution is 5.82. The molecule has 0 radical (unpaired) electrons. The molecular formula is C26H30N8O2. The van der Waals surface area contributed by atoms with Gasteiger partial charge in [0, 0.05) is 49.4 Å². The van der Waals surface area contributed by atoms with Crippen LogP contribution in [0.1, 0.15) is 38.1 Å². The van der Waals surface area contributed by atoms with Crippen LogP contribution in [-0.2, 0) is 11.3 Å². The summed E-state index contributed by atoms with van der Waals surface area (Å²) in [6.45, 7) is 8.62. The first kappa shape index (κ1) is 22.7. The Morgan fingerprint density at radius 3 is 2.78 bits per heavy atom. The maximum Gasteiger partial charge on any atom is 0.257 e. The number of piperazine rings is 1. The van der Waals surface area contributed by atoms with Crippen molar-refractivity contribution in [2.45, 2.75) is 52.2 Å². The molecule has 0 bridgehead atoms. The van der Waals surface area contributed by atoms with Crippen LogP contribution in [0.4, 0.5) is 11.8 Å². The van der Waals surface area contributed by atoms with E-state index in [0.717, 1.165) is 54.9 Å². The molecule has 0 unspecified atom stereocenters. The molecule has 2 N–H and O–H groups in total. The maximum atomic E-state index is 12.6. The van der Waals surface area contributed by atoms with E-state index in [1.165, 1.54) is 5.56 Å². The Hall–Kier alpha value is -3.79. The molecule has 1 aliphatic carbocycles. The SMILES string of the molecule is Cc1noc(-c2ccc3nc(Nc4cc(CN5C[C@@H](C)N(C(=O)C6CC6)C[C@@H]5C)ccn4)[nH]c3c2)n1. The van der Waals surface area contributed by atoms with Crippen LogP contribution in [0.2, 0.25) is 0 Å². The fourth-order valence-electron chi connectivity index (χ4n) is 4.90. The van der Waals surface area contributed by atoms with Gasteiger partial charge in [0.1, 0.15) is 5.82 Å². The molecule has 4 heterocycles. The van der Waals surface area contributed by atoms with Gasteiger partial charge >= 0.3 is 0 Å². The van der Waals surface area contributed by atoms with Gasteiger partial charge in [0.05, 0.1) is 11.0 Å². The van der Waals surface area contributed by atoms with Crippen molar-refractivity contribution >= 4 is 28.7 Å². The third-order valence-corrected chi connectivity index (χ3v) is 7.04. The summed E-state index contributed by atoms with van der Waals surface area (Å²) in [4.78, 5) is 33.9. The molecule has 2 aliphatic rings. The van der Waals surface area contributed by atoms with E-state index >= 15 is 0 Å². The number of amides is 1. The third-order valence-electron chi connectivity index (χ3n) is 7.04. The number of imidazole rings is 1. The van der Waals surface area contributed by atoms with Crippen molar-refractivity contribution in [1.82, 2.24) is 34.9 Å². The number of anilines is 2. The molecule has 1 saturated heterocycles. The van der Waals surface area contributed by atoms with Gasteiger partial charge in [0.15, 0.2) is 5.82 Å². The largest absolute Gasteiger partial charge is 0.337 e. The molecule has 2 atom stereocenters. The number of H-pyrrole nitrogens is 1. The molecule has 10 nitrogen and oxygen atoms in total. The summed E-state index contributed by atoms with van der Waals surface area (Å²) in [5.74, 6) is 3.03. The number of nitrogens with zero attached hydrogens (tertiary/aromatic N) is 6. The number of rotatable bonds is 6. The van der Waals surface area contributed by atoms with Crippen LogP contribution in [0.3, 0.4) is 0 Å². The Morgan fingerprint density at radius 1 is 1.14 bits per heavy atom. The molecule has 186 valence electrons. The Morgan fingerprint density at radius 2 is 2.00 bits per heavy atom. The Labute approximate surface area is 209 Å². The zero-order valence-electron chi connectivity index (χ0n) is 20.7. The topological polar surface area (TPSA) is 116 Å². The van der Waals surface area contributed by atoms with E-state index in [9.17, 15) is 4.79 Å². The summed E-state index contributed by atoms with van der Waals surface area (Å²) in [5, 5.41) is 7.16. The Kier molecular flexibility index (Phi) is 5.67. The fourth-order valence-corrected chi connectivity index (χ4v) is 4.90. The predicted molar refractivity (Wildman–Crippen MR) is 135 cm³/mol. The van der Waals surface area contributed by atoms with Crippen molar-refractivity contribution in [3.63, 3.8) is 0 Å². The second-order valence-corrected chi connectivity index (χ2v) is 10.0. The molecule has 4 aromatic rings. The van der Waals surface area contributed by atoms with E-state index in [1.807, 2.05) is 30.5 Å². The molecule has 1 saturated carbocycles. The van der Waals surface area contributed by atoms with Gasteiger partial charge in [-0.2, -0.15) is 4.98 Å². The van der Waals surface area contributed by atoms with Gasteiger partial charge in [0.2, 0.25) is 11.9 Å². The van der Waals surface area contributed by atoms with Crippen molar-refractivity contribution in [3.8, 4) is 11.5 Å². The molecule has 6 rings (SSSR count). The number of nitrogens with one attached hydrogen (secondary N) is 2. The summed E-state index contributed by atoms with van der Waals surface area (Å²) in [5.41, 5.74) is 3.69. The molecular weight excluding hydrogens is 456 g/mol. The fraction of sp³-hybridized carbons (Fsp3) is 0.423. The molecule has 36 heavy (non-hydrogen) atoms. The second kappa shape index (κ2) is 9.02. The maximum absolute atomic E-state index is 12.6. The van der Waals surface area contributed by atoms with Crippen LogP contribution in [0.15, 0.2) is 41.1 Å². The summed E-state index contributed by atoms with van der Waals surface area (Å²) in [6, 6.07) is 10.4. The van der Waals surface area contributed by atoms with Crippen LogP contribution >= 0.6 is 0 Å². The van der Waals surface area contributed by atoms with E-state index in [2.05, 4.69) is 60.1 Å². The van der Waals surface area contributed by atoms with Crippen LogP contribution in [-0.4, -0.2) is 66.0 Å². The summed E-state index contributed by atoms with van der Waals surface area (Å²) in [7, 11) is 0. The van der Waals surface area contributed by atoms with Gasteiger partial charge < -0.3 is 19.7 Å². The van der Waals surface area contributed by atoms with E-state index in [1.54, 1.807) is 6.92 Å². The third kappa shape index (κ3) is 4.56. The minimum atomic E-state index is 0.227. The van der Waals surface area contributed by atoms with E-state index in [0.29, 0.717) is 29.6 Å². The summed E-state index contributed by atoms with van der Waals surface area (Å²) >= 11 is 0. The molecule has 1 aromatic carbocycles. The van der Waals surface area contributed by atoms with Gasteiger partial charge in [-0.05, 0) is 69.5 Å². The molecule has 10 heteroatoms. The first-order valence-electron chi connectivity index (χ1n) is 12.5. The van der Waals surface area contributed by atoms with Crippen molar-refractivity contribution in [3.05, 3.63) is 47.9 Å². The van der Waals surface area contributed by atoms with Crippen LogP contribution in [0.5, 0.6) is 0 Å². The zero-order valence-corrected chi connectivity index (χ0v) is 20.7. The van der Waals surface area contributed by atoms with Gasteiger partial charge in [0.25, 0.3) is 5.89 Å². The van der Waals surface area contributed by atoms with E-state index in [4.69, 9.17) is 4.52 Å². The number of aromatic nitrogens is 5. The Bertz CT molecular complexity index is 1410. The average Bonchev–Trinajstić information content (AvgIpc) is 3.50.